The van der Waals surface area contributed by atoms with Crippen molar-refractivity contribution in [3.05, 3.63) is 23.7 Å². The first kappa shape index (κ1) is 12.5. The maximum Gasteiger partial charge on any atom is 0.300 e. The number of nitrogen functional groups attached to an aromatic ring is 1. The number of ether oxygens (including phenoxy) is 1. The van der Waals surface area contributed by atoms with Gasteiger partial charge in [-0.3, -0.25) is 10.2 Å². The van der Waals surface area contributed by atoms with Gasteiger partial charge in [0.1, 0.15) is 5.76 Å². The van der Waals surface area contributed by atoms with Crippen molar-refractivity contribution in [1.82, 2.24) is 5.43 Å². The monoisotopic (exact) mass is 256 g/mol. The third-order valence-electron chi connectivity index (χ3n) is 2.76. The molecule has 0 spiro atoms. The third kappa shape index (κ3) is 3.02. The lowest BCUT2D eigenvalue weighted by Gasteiger charge is -2.12. The molecule has 2 atom stereocenters. The van der Waals surface area contributed by atoms with E-state index in [2.05, 4.69) is 6.92 Å². The van der Waals surface area contributed by atoms with E-state index in [1.54, 1.807) is 23.9 Å². The molecule has 0 radical (unpaired) electrons. The van der Waals surface area contributed by atoms with Crippen LogP contribution < -0.4 is 11.3 Å². The molecule has 0 saturated carbocycles. The van der Waals surface area contributed by atoms with Crippen molar-refractivity contribution in [1.29, 1.82) is 0 Å². The fraction of sp³-hybridized carbons (Fsp3) is 0.545. The van der Waals surface area contributed by atoms with Crippen molar-refractivity contribution in [2.45, 2.75) is 30.5 Å². The van der Waals surface area contributed by atoms with E-state index in [9.17, 15) is 4.79 Å². The summed E-state index contributed by atoms with van der Waals surface area (Å²) in [5.41, 5.74) is 2.04. The number of rotatable bonds is 4. The van der Waals surface area contributed by atoms with Crippen LogP contribution in [0.1, 0.15) is 29.7 Å². The molecular weight excluding hydrogens is 240 g/mol. The van der Waals surface area contributed by atoms with Crippen LogP contribution in [0.2, 0.25) is 0 Å². The number of hydrazine groups is 1. The standard InChI is InChI=1S/C11H16N2O3S/c1-7-10(4-5-15-7)17-6-8-2-3-9(16-8)11(14)13-12/h2-3,7,10H,4-6,12H2,1H3,(H,13,14). The zero-order chi connectivity index (χ0) is 12.3. The van der Waals surface area contributed by atoms with Crippen molar-refractivity contribution >= 4 is 17.7 Å². The van der Waals surface area contributed by atoms with Gasteiger partial charge in [-0.05, 0) is 25.5 Å². The van der Waals surface area contributed by atoms with Gasteiger partial charge in [-0.1, -0.05) is 0 Å². The Labute approximate surface area is 104 Å². The zero-order valence-corrected chi connectivity index (χ0v) is 10.5. The fourth-order valence-electron chi connectivity index (χ4n) is 1.77. The second-order valence-corrected chi connectivity index (χ2v) is 5.18. The molecule has 1 amide bonds. The van der Waals surface area contributed by atoms with Gasteiger partial charge in [0.05, 0.1) is 11.9 Å². The molecule has 0 bridgehead atoms. The summed E-state index contributed by atoms with van der Waals surface area (Å²) in [6.07, 6.45) is 1.37. The van der Waals surface area contributed by atoms with Crippen LogP contribution in [0, 0.1) is 0 Å². The molecule has 5 nitrogen and oxygen atoms in total. The molecule has 17 heavy (non-hydrogen) atoms. The van der Waals surface area contributed by atoms with Crippen LogP contribution in [0.5, 0.6) is 0 Å². The van der Waals surface area contributed by atoms with E-state index < -0.39 is 5.91 Å². The minimum absolute atomic E-state index is 0.249. The maximum absolute atomic E-state index is 11.2. The summed E-state index contributed by atoms with van der Waals surface area (Å²) < 4.78 is 10.9. The highest BCUT2D eigenvalue weighted by Crippen LogP contribution is 2.29. The van der Waals surface area contributed by atoms with Crippen LogP contribution in [0.25, 0.3) is 0 Å². The van der Waals surface area contributed by atoms with Crippen LogP contribution in [-0.2, 0) is 10.5 Å². The molecule has 1 aromatic rings. The first-order chi connectivity index (χ1) is 8.20. The van der Waals surface area contributed by atoms with E-state index in [0.717, 1.165) is 24.5 Å². The van der Waals surface area contributed by atoms with Gasteiger partial charge in [0, 0.05) is 11.9 Å². The maximum atomic E-state index is 11.2. The largest absolute Gasteiger partial charge is 0.455 e. The Morgan fingerprint density at radius 3 is 3.12 bits per heavy atom. The van der Waals surface area contributed by atoms with Crippen LogP contribution >= 0.6 is 11.8 Å². The molecule has 1 aliphatic rings. The molecule has 2 rings (SSSR count). The Morgan fingerprint density at radius 2 is 2.47 bits per heavy atom. The Bertz CT molecular complexity index is 394. The zero-order valence-electron chi connectivity index (χ0n) is 9.64. The van der Waals surface area contributed by atoms with Crippen molar-refractivity contribution < 1.29 is 13.9 Å². The average molecular weight is 256 g/mol. The van der Waals surface area contributed by atoms with Crippen LogP contribution in [0.15, 0.2) is 16.5 Å². The molecule has 1 saturated heterocycles. The van der Waals surface area contributed by atoms with Gasteiger partial charge in [0.15, 0.2) is 5.76 Å². The predicted octanol–water partition coefficient (Wildman–Crippen LogP) is 1.29. The Morgan fingerprint density at radius 1 is 1.65 bits per heavy atom. The van der Waals surface area contributed by atoms with E-state index in [-0.39, 0.29) is 5.76 Å². The normalized spacial score (nSPS) is 23.9. The summed E-state index contributed by atoms with van der Waals surface area (Å²) in [7, 11) is 0. The molecule has 1 fully saturated rings. The summed E-state index contributed by atoms with van der Waals surface area (Å²) in [6, 6.07) is 3.44. The lowest BCUT2D eigenvalue weighted by Crippen LogP contribution is -2.29. The first-order valence-corrected chi connectivity index (χ1v) is 6.58. The van der Waals surface area contributed by atoms with Crippen molar-refractivity contribution in [2.75, 3.05) is 6.61 Å². The van der Waals surface area contributed by atoms with Crippen molar-refractivity contribution in [2.24, 2.45) is 5.84 Å². The van der Waals surface area contributed by atoms with Gasteiger partial charge in [-0.2, -0.15) is 0 Å². The first-order valence-electron chi connectivity index (χ1n) is 5.53. The van der Waals surface area contributed by atoms with E-state index in [1.165, 1.54) is 0 Å². The summed E-state index contributed by atoms with van der Waals surface area (Å²) in [5.74, 6) is 6.40. The molecule has 6 heteroatoms. The predicted molar refractivity (Wildman–Crippen MR) is 65.5 cm³/mol. The van der Waals surface area contributed by atoms with Gasteiger partial charge in [-0.25, -0.2) is 5.84 Å². The van der Waals surface area contributed by atoms with E-state index >= 15 is 0 Å². The number of carbonyl (C=O) groups is 1. The molecule has 94 valence electrons. The highest BCUT2D eigenvalue weighted by atomic mass is 32.2. The molecule has 2 unspecified atom stereocenters. The van der Waals surface area contributed by atoms with Gasteiger partial charge < -0.3 is 9.15 Å². The number of carbonyl (C=O) groups excluding carboxylic acids is 1. The summed E-state index contributed by atoms with van der Waals surface area (Å²) in [4.78, 5) is 11.2. The molecule has 1 aliphatic heterocycles. The van der Waals surface area contributed by atoms with Crippen molar-refractivity contribution in [3.8, 4) is 0 Å². The SMILES string of the molecule is CC1OCCC1SCc1ccc(C(=O)NN)o1. The number of nitrogens with one attached hydrogen (secondary N) is 1. The van der Waals surface area contributed by atoms with Crippen LogP contribution in [-0.4, -0.2) is 23.9 Å². The van der Waals surface area contributed by atoms with Crippen LogP contribution in [0.3, 0.4) is 0 Å². The Balaban J connectivity index is 1.86. The second kappa shape index (κ2) is 5.57. The smallest absolute Gasteiger partial charge is 0.300 e. The van der Waals surface area contributed by atoms with Crippen molar-refractivity contribution in [3.63, 3.8) is 0 Å². The summed E-state index contributed by atoms with van der Waals surface area (Å²) >= 11 is 1.80. The average Bonchev–Trinajstić information content (AvgIpc) is 2.94. The second-order valence-electron chi connectivity index (χ2n) is 3.95. The lowest BCUT2D eigenvalue weighted by atomic mass is 10.3. The summed E-state index contributed by atoms with van der Waals surface area (Å²) in [5, 5.41) is 0.506. The van der Waals surface area contributed by atoms with Gasteiger partial charge in [-0.15, -0.1) is 11.8 Å². The Hall–Kier alpha value is -0.980. The molecule has 2 heterocycles. The van der Waals surface area contributed by atoms with Crippen LogP contribution in [0.4, 0.5) is 0 Å². The topological polar surface area (TPSA) is 77.5 Å². The highest BCUT2D eigenvalue weighted by molar-refractivity contribution is 7.99. The number of hydrogen-bond donors (Lipinski definition) is 2. The summed E-state index contributed by atoms with van der Waals surface area (Å²) in [6.45, 7) is 2.91. The van der Waals surface area contributed by atoms with E-state index in [0.29, 0.717) is 11.4 Å². The number of amides is 1. The Kier molecular flexibility index (Phi) is 4.09. The van der Waals surface area contributed by atoms with Gasteiger partial charge in [0.25, 0.3) is 0 Å². The molecular formula is C11H16N2O3S. The number of furan rings is 1. The molecule has 3 N–H and O–H groups in total. The van der Waals surface area contributed by atoms with E-state index in [1.807, 2.05) is 5.43 Å². The third-order valence-corrected chi connectivity index (χ3v) is 4.26. The minimum atomic E-state index is -0.404. The fourth-order valence-corrected chi connectivity index (χ4v) is 2.91. The quantitative estimate of drug-likeness (QED) is 0.482. The lowest BCUT2D eigenvalue weighted by molar-refractivity contribution is 0.0924. The number of hydrogen-bond acceptors (Lipinski definition) is 5. The van der Waals surface area contributed by atoms with Gasteiger partial charge in [0.2, 0.25) is 0 Å². The minimum Gasteiger partial charge on any atom is -0.455 e. The number of thioether (sulfide) groups is 1. The van der Waals surface area contributed by atoms with Gasteiger partial charge >= 0.3 is 5.91 Å². The molecule has 1 aromatic heterocycles. The number of nitrogens with two attached hydrogens (primary N) is 1. The van der Waals surface area contributed by atoms with E-state index in [4.69, 9.17) is 15.0 Å². The molecule has 0 aromatic carbocycles. The highest BCUT2D eigenvalue weighted by Gasteiger charge is 2.24. The molecule has 0 aliphatic carbocycles.